The average molecular weight is 302 g/mol. The zero-order valence-corrected chi connectivity index (χ0v) is 12.7. The number of aromatic hydroxyl groups is 1. The molecule has 0 fully saturated rings. The summed E-state index contributed by atoms with van der Waals surface area (Å²) < 4.78 is 5.77. The van der Waals surface area contributed by atoms with Crippen LogP contribution >= 0.6 is 0 Å². The molecule has 0 bridgehead atoms. The highest BCUT2D eigenvalue weighted by Gasteiger charge is 1.96. The van der Waals surface area contributed by atoms with Crippen LogP contribution in [0.15, 0.2) is 78.9 Å². The van der Waals surface area contributed by atoms with Crippen LogP contribution in [0.3, 0.4) is 0 Å². The van der Waals surface area contributed by atoms with Crippen molar-refractivity contribution in [2.45, 2.75) is 6.61 Å². The van der Waals surface area contributed by atoms with E-state index in [0.29, 0.717) is 6.61 Å². The van der Waals surface area contributed by atoms with Gasteiger partial charge in [-0.05, 0) is 41.0 Å². The van der Waals surface area contributed by atoms with Crippen molar-refractivity contribution in [1.82, 2.24) is 0 Å². The fourth-order valence-corrected chi connectivity index (χ4v) is 2.19. The minimum atomic E-state index is 0.280. The number of hydrogen-bond acceptors (Lipinski definition) is 2. The first kappa shape index (κ1) is 14.9. The molecule has 23 heavy (non-hydrogen) atoms. The van der Waals surface area contributed by atoms with Crippen molar-refractivity contribution in [3.63, 3.8) is 0 Å². The molecule has 0 aliphatic carbocycles. The number of benzene rings is 3. The summed E-state index contributed by atoms with van der Waals surface area (Å²) in [5, 5.41) is 9.27. The predicted octanol–water partition coefficient (Wildman–Crippen LogP) is 5.14. The van der Waals surface area contributed by atoms with Crippen molar-refractivity contribution < 1.29 is 9.84 Å². The Bertz CT molecular complexity index is 757. The molecule has 0 unspecified atom stereocenters. The third-order valence-corrected chi connectivity index (χ3v) is 3.49. The number of phenolic OH excluding ortho intramolecular Hbond substituents is 1. The van der Waals surface area contributed by atoms with Gasteiger partial charge in [0, 0.05) is 0 Å². The quantitative estimate of drug-likeness (QED) is 0.661. The third kappa shape index (κ3) is 4.48. The summed E-state index contributed by atoms with van der Waals surface area (Å²) in [5.41, 5.74) is 3.31. The lowest BCUT2D eigenvalue weighted by molar-refractivity contribution is 0.306. The van der Waals surface area contributed by atoms with Crippen LogP contribution in [-0.2, 0) is 6.61 Å². The van der Waals surface area contributed by atoms with Gasteiger partial charge in [-0.25, -0.2) is 0 Å². The first-order chi connectivity index (χ1) is 11.3. The first-order valence-corrected chi connectivity index (χ1v) is 7.53. The largest absolute Gasteiger partial charge is 0.508 e. The summed E-state index contributed by atoms with van der Waals surface area (Å²) in [6.07, 6.45) is 4.05. The molecule has 3 rings (SSSR count). The lowest BCUT2D eigenvalue weighted by Gasteiger charge is -2.06. The lowest BCUT2D eigenvalue weighted by atomic mass is 10.1. The fraction of sp³-hybridized carbons (Fsp3) is 0.0476. The molecule has 114 valence electrons. The molecule has 0 saturated heterocycles. The van der Waals surface area contributed by atoms with Gasteiger partial charge in [-0.3, -0.25) is 0 Å². The summed E-state index contributed by atoms with van der Waals surface area (Å²) in [7, 11) is 0. The van der Waals surface area contributed by atoms with Gasteiger partial charge in [-0.2, -0.15) is 0 Å². The Morgan fingerprint density at radius 3 is 1.87 bits per heavy atom. The van der Waals surface area contributed by atoms with E-state index in [1.54, 1.807) is 12.1 Å². The van der Waals surface area contributed by atoms with Gasteiger partial charge in [0.2, 0.25) is 0 Å². The smallest absolute Gasteiger partial charge is 0.119 e. The van der Waals surface area contributed by atoms with E-state index in [1.807, 2.05) is 66.7 Å². The molecular weight excluding hydrogens is 284 g/mol. The molecule has 0 radical (unpaired) electrons. The number of rotatable bonds is 5. The van der Waals surface area contributed by atoms with Gasteiger partial charge in [0.1, 0.15) is 18.1 Å². The van der Waals surface area contributed by atoms with Gasteiger partial charge >= 0.3 is 0 Å². The average Bonchev–Trinajstić information content (AvgIpc) is 2.61. The summed E-state index contributed by atoms with van der Waals surface area (Å²) in [5.74, 6) is 1.14. The highest BCUT2D eigenvalue weighted by Crippen LogP contribution is 2.17. The van der Waals surface area contributed by atoms with Crippen molar-refractivity contribution in [2.24, 2.45) is 0 Å². The highest BCUT2D eigenvalue weighted by atomic mass is 16.5. The van der Waals surface area contributed by atoms with Gasteiger partial charge in [-0.1, -0.05) is 66.7 Å². The molecule has 1 N–H and O–H groups in total. The maximum Gasteiger partial charge on any atom is 0.119 e. The molecule has 0 spiro atoms. The Morgan fingerprint density at radius 2 is 1.26 bits per heavy atom. The maximum absolute atomic E-state index is 9.27. The Hall–Kier alpha value is -3.00. The maximum atomic E-state index is 9.27. The van der Waals surface area contributed by atoms with Crippen LogP contribution in [0.25, 0.3) is 12.2 Å². The summed E-state index contributed by atoms with van der Waals surface area (Å²) >= 11 is 0. The Kier molecular flexibility index (Phi) is 4.75. The van der Waals surface area contributed by atoms with Gasteiger partial charge in [-0.15, -0.1) is 0 Å². The molecule has 2 nitrogen and oxygen atoms in total. The molecule has 0 atom stereocenters. The van der Waals surface area contributed by atoms with Crippen molar-refractivity contribution in [3.8, 4) is 11.5 Å². The molecule has 0 heterocycles. The minimum absolute atomic E-state index is 0.280. The van der Waals surface area contributed by atoms with E-state index in [0.717, 1.165) is 22.4 Å². The zero-order valence-electron chi connectivity index (χ0n) is 12.7. The second-order valence-electron chi connectivity index (χ2n) is 5.27. The lowest BCUT2D eigenvalue weighted by Crippen LogP contribution is -1.94. The number of ether oxygens (including phenoxy) is 1. The molecule has 3 aromatic carbocycles. The number of phenols is 1. The molecule has 0 aliphatic rings. The van der Waals surface area contributed by atoms with E-state index < -0.39 is 0 Å². The molecule has 3 aromatic rings. The third-order valence-electron chi connectivity index (χ3n) is 3.49. The molecule has 0 aromatic heterocycles. The van der Waals surface area contributed by atoms with Crippen molar-refractivity contribution in [3.05, 3.63) is 95.6 Å². The number of hydrogen-bond donors (Lipinski definition) is 1. The van der Waals surface area contributed by atoms with Crippen molar-refractivity contribution in [2.75, 3.05) is 0 Å². The molecule has 0 amide bonds. The first-order valence-electron chi connectivity index (χ1n) is 7.53. The zero-order chi connectivity index (χ0) is 15.9. The van der Waals surface area contributed by atoms with Gasteiger partial charge in [0.05, 0.1) is 0 Å². The normalized spacial score (nSPS) is 10.8. The van der Waals surface area contributed by atoms with E-state index in [-0.39, 0.29) is 5.75 Å². The summed E-state index contributed by atoms with van der Waals surface area (Å²) in [6, 6.07) is 25.2. The SMILES string of the molecule is Oc1ccc(/C=C/c2ccc(OCc3ccccc3)cc2)cc1. The molecule has 0 aliphatic heterocycles. The van der Waals surface area contributed by atoms with E-state index >= 15 is 0 Å². The summed E-state index contributed by atoms with van der Waals surface area (Å²) in [6.45, 7) is 0.573. The van der Waals surface area contributed by atoms with Crippen LogP contribution in [-0.4, -0.2) is 5.11 Å². The van der Waals surface area contributed by atoms with Gasteiger partial charge in [0.15, 0.2) is 0 Å². The molecule has 2 heteroatoms. The van der Waals surface area contributed by atoms with Crippen molar-refractivity contribution >= 4 is 12.2 Å². The molecule has 0 saturated carbocycles. The standard InChI is InChI=1S/C21H18O2/c22-20-12-8-17(9-13-20)6-7-18-10-14-21(15-11-18)23-16-19-4-2-1-3-5-19/h1-15,22H,16H2/b7-6+. The van der Waals surface area contributed by atoms with Crippen LogP contribution in [0.2, 0.25) is 0 Å². The predicted molar refractivity (Wildman–Crippen MR) is 94.3 cm³/mol. The minimum Gasteiger partial charge on any atom is -0.508 e. The second kappa shape index (κ2) is 7.32. The van der Waals surface area contributed by atoms with E-state index in [2.05, 4.69) is 12.1 Å². The topological polar surface area (TPSA) is 29.5 Å². The second-order valence-corrected chi connectivity index (χ2v) is 5.27. The van der Waals surface area contributed by atoms with Crippen LogP contribution in [0, 0.1) is 0 Å². The van der Waals surface area contributed by atoms with Crippen LogP contribution in [0.1, 0.15) is 16.7 Å². The summed E-state index contributed by atoms with van der Waals surface area (Å²) in [4.78, 5) is 0. The van der Waals surface area contributed by atoms with Crippen LogP contribution in [0.5, 0.6) is 11.5 Å². The van der Waals surface area contributed by atoms with E-state index in [1.165, 1.54) is 0 Å². The van der Waals surface area contributed by atoms with Crippen LogP contribution in [0.4, 0.5) is 0 Å². The monoisotopic (exact) mass is 302 g/mol. The van der Waals surface area contributed by atoms with Crippen LogP contribution < -0.4 is 4.74 Å². The Morgan fingerprint density at radius 1 is 0.696 bits per heavy atom. The highest BCUT2D eigenvalue weighted by molar-refractivity contribution is 5.70. The van der Waals surface area contributed by atoms with E-state index in [9.17, 15) is 5.11 Å². The van der Waals surface area contributed by atoms with Gasteiger partial charge in [0.25, 0.3) is 0 Å². The van der Waals surface area contributed by atoms with Crippen molar-refractivity contribution in [1.29, 1.82) is 0 Å². The Labute approximate surface area is 136 Å². The molecular formula is C21H18O2. The fourth-order valence-electron chi connectivity index (χ4n) is 2.19. The van der Waals surface area contributed by atoms with Gasteiger partial charge < -0.3 is 9.84 Å². The Balaban J connectivity index is 1.59. The van der Waals surface area contributed by atoms with E-state index in [4.69, 9.17) is 4.74 Å².